The van der Waals surface area contributed by atoms with Crippen LogP contribution in [0.2, 0.25) is 0 Å². The van der Waals surface area contributed by atoms with Crippen molar-refractivity contribution in [1.82, 2.24) is 34.1 Å². The first kappa shape index (κ1) is 28.3. The van der Waals surface area contributed by atoms with E-state index in [1.165, 1.54) is 11.8 Å². The molecule has 0 spiro atoms. The molecule has 3 aliphatic rings. The lowest BCUT2D eigenvalue weighted by molar-refractivity contribution is -0.133. The first-order valence-corrected chi connectivity index (χ1v) is 15.3. The molecule has 7 rings (SSSR count). The molecule has 0 radical (unpaired) electrons. The van der Waals surface area contributed by atoms with Crippen LogP contribution in [0.5, 0.6) is 0 Å². The quantitative estimate of drug-likeness (QED) is 0.289. The second-order valence-corrected chi connectivity index (χ2v) is 11.7. The Morgan fingerprint density at radius 3 is 2.45 bits per heavy atom. The van der Waals surface area contributed by atoms with E-state index >= 15 is 0 Å². The summed E-state index contributed by atoms with van der Waals surface area (Å²) in [6.45, 7) is 14.3. The molecule has 11 nitrogen and oxygen atoms in total. The van der Waals surface area contributed by atoms with Gasteiger partial charge in [-0.15, -0.1) is 0 Å². The number of carbonyl (C=O) groups is 1. The highest BCUT2D eigenvalue weighted by atomic mass is 16.5. The number of aromatic nitrogens is 4. The Balaban J connectivity index is 1.06. The molecular weight excluding hydrogens is 554 g/mol. The van der Waals surface area contributed by atoms with Crippen molar-refractivity contribution in [2.45, 2.75) is 12.6 Å². The van der Waals surface area contributed by atoms with Gasteiger partial charge in [-0.1, -0.05) is 18.7 Å². The van der Waals surface area contributed by atoms with Gasteiger partial charge in [0.05, 0.1) is 43.2 Å². The number of pyridine rings is 1. The normalized spacial score (nSPS) is 18.3. The highest BCUT2D eigenvalue weighted by Gasteiger charge is 2.35. The van der Waals surface area contributed by atoms with Crippen LogP contribution in [0.15, 0.2) is 67.8 Å². The number of piperazine rings is 1. The summed E-state index contributed by atoms with van der Waals surface area (Å²) in [7, 11) is 0. The zero-order valence-electron chi connectivity index (χ0n) is 24.9. The number of hydrogen-bond donors (Lipinski definition) is 0. The topological polar surface area (TPSA) is 98.2 Å². The van der Waals surface area contributed by atoms with Crippen molar-refractivity contribution in [3.63, 3.8) is 0 Å². The fraction of sp³-hybridized carbons (Fsp3) is 0.394. The molecule has 0 unspecified atom stereocenters. The average molecular weight is 592 g/mol. The monoisotopic (exact) mass is 591 g/mol. The Labute approximate surface area is 257 Å². The number of hydrogen-bond acceptors (Lipinski definition) is 8. The van der Waals surface area contributed by atoms with Crippen molar-refractivity contribution >= 4 is 17.1 Å². The summed E-state index contributed by atoms with van der Waals surface area (Å²) < 4.78 is 9.27. The molecule has 0 N–H and O–H groups in total. The molecule has 6 heterocycles. The van der Waals surface area contributed by atoms with Gasteiger partial charge in [0.25, 0.3) is 0 Å². The number of ether oxygens (including phenoxy) is 1. The molecule has 3 aromatic heterocycles. The minimum Gasteiger partial charge on any atom is -0.379 e. The van der Waals surface area contributed by atoms with E-state index in [0.717, 1.165) is 106 Å². The molecule has 3 fully saturated rings. The zero-order chi connectivity index (χ0) is 30.0. The Morgan fingerprint density at radius 2 is 1.73 bits per heavy atom. The van der Waals surface area contributed by atoms with Gasteiger partial charge in [-0.3, -0.25) is 19.3 Å². The van der Waals surface area contributed by atoms with Crippen LogP contribution in [0.3, 0.4) is 0 Å². The van der Waals surface area contributed by atoms with Crippen LogP contribution in [-0.4, -0.2) is 118 Å². The molecule has 1 amide bonds. The van der Waals surface area contributed by atoms with Gasteiger partial charge in [-0.05, 0) is 29.8 Å². The number of anilines is 1. The van der Waals surface area contributed by atoms with Gasteiger partial charge in [-0.25, -0.2) is 4.52 Å². The van der Waals surface area contributed by atoms with Crippen LogP contribution >= 0.6 is 0 Å². The molecule has 3 aliphatic heterocycles. The number of carbonyl (C=O) groups excluding carboxylic acids is 1. The maximum atomic E-state index is 11.8. The van der Waals surface area contributed by atoms with E-state index in [0.29, 0.717) is 11.6 Å². The average Bonchev–Trinajstić information content (AvgIpc) is 3.71. The van der Waals surface area contributed by atoms with Crippen molar-refractivity contribution in [3.8, 4) is 28.3 Å². The molecule has 0 bridgehead atoms. The lowest BCUT2D eigenvalue weighted by Crippen LogP contribution is -2.64. The lowest BCUT2D eigenvalue weighted by atomic mass is 9.99. The Bertz CT molecular complexity index is 1680. The standard InChI is InChI=1S/C33H37N9O2/c1-2-32(43)40-23-30(24-40)39-10-8-38(9-11-39)29-5-3-25(4-6-29)31-17-26(22-42-33(31)27(18-34)19-36-42)28-20-35-41(21-28)12-7-37-13-15-44-16-14-37/h2-6,17,19-22,30H,1,7-16,23-24H2. The van der Waals surface area contributed by atoms with Crippen LogP contribution in [0, 0.1) is 11.3 Å². The maximum absolute atomic E-state index is 11.8. The van der Waals surface area contributed by atoms with Crippen molar-refractivity contribution in [3.05, 3.63) is 73.3 Å². The van der Waals surface area contributed by atoms with Crippen molar-refractivity contribution in [2.75, 3.05) is 77.0 Å². The molecule has 1 aromatic carbocycles. The number of nitrogens with zero attached hydrogens (tertiary/aromatic N) is 9. The fourth-order valence-electron chi connectivity index (χ4n) is 6.48. The number of amides is 1. The number of likely N-dealkylation sites (tertiary alicyclic amines) is 1. The van der Waals surface area contributed by atoms with Gasteiger partial charge >= 0.3 is 0 Å². The van der Waals surface area contributed by atoms with Gasteiger partial charge in [0.1, 0.15) is 6.07 Å². The number of nitriles is 1. The summed E-state index contributed by atoms with van der Waals surface area (Å²) >= 11 is 0. The van der Waals surface area contributed by atoms with E-state index < -0.39 is 0 Å². The number of morpholine rings is 1. The summed E-state index contributed by atoms with van der Waals surface area (Å²) in [5.74, 6) is 0.0233. The summed E-state index contributed by atoms with van der Waals surface area (Å²) in [6.07, 6.45) is 9.00. The predicted octanol–water partition coefficient (Wildman–Crippen LogP) is 2.59. The molecule has 0 atom stereocenters. The smallest absolute Gasteiger partial charge is 0.246 e. The Morgan fingerprint density at radius 1 is 0.955 bits per heavy atom. The highest BCUT2D eigenvalue weighted by Crippen LogP contribution is 2.33. The van der Waals surface area contributed by atoms with Crippen LogP contribution in [0.1, 0.15) is 5.56 Å². The first-order valence-electron chi connectivity index (χ1n) is 15.3. The third kappa shape index (κ3) is 5.59. The fourth-order valence-corrected chi connectivity index (χ4v) is 6.48. The number of benzene rings is 1. The van der Waals surface area contributed by atoms with Crippen molar-refractivity contribution in [2.24, 2.45) is 0 Å². The van der Waals surface area contributed by atoms with Gasteiger partial charge in [-0.2, -0.15) is 15.5 Å². The largest absolute Gasteiger partial charge is 0.379 e. The molecule has 3 saturated heterocycles. The zero-order valence-corrected chi connectivity index (χ0v) is 24.9. The van der Waals surface area contributed by atoms with Gasteiger partial charge < -0.3 is 14.5 Å². The lowest BCUT2D eigenvalue weighted by Gasteiger charge is -2.48. The molecule has 4 aromatic rings. The predicted molar refractivity (Wildman–Crippen MR) is 168 cm³/mol. The van der Waals surface area contributed by atoms with E-state index in [1.54, 1.807) is 6.20 Å². The number of rotatable bonds is 8. The summed E-state index contributed by atoms with van der Waals surface area (Å²) in [4.78, 5) is 21.0. The van der Waals surface area contributed by atoms with Crippen LogP contribution in [0.25, 0.3) is 27.8 Å². The SMILES string of the molecule is C=CC(=O)N1CC(N2CCN(c3ccc(-c4cc(-c5cnn(CCN6CCOCC6)c5)cn5ncc(C#N)c45)cc3)CC2)C1. The van der Waals surface area contributed by atoms with Gasteiger partial charge in [0, 0.05) is 99.7 Å². The molecule has 226 valence electrons. The minimum atomic E-state index is 0.0233. The summed E-state index contributed by atoms with van der Waals surface area (Å²) in [5.41, 5.74) is 6.58. The molecule has 44 heavy (non-hydrogen) atoms. The maximum Gasteiger partial charge on any atom is 0.246 e. The van der Waals surface area contributed by atoms with Crippen LogP contribution in [-0.2, 0) is 16.1 Å². The van der Waals surface area contributed by atoms with Crippen molar-refractivity contribution in [1.29, 1.82) is 5.26 Å². The second kappa shape index (κ2) is 12.2. The highest BCUT2D eigenvalue weighted by molar-refractivity contribution is 5.88. The molecule has 11 heteroatoms. The Hall–Kier alpha value is -4.50. The first-order chi connectivity index (χ1) is 21.6. The van der Waals surface area contributed by atoms with E-state index in [1.807, 2.05) is 26.5 Å². The van der Waals surface area contributed by atoms with E-state index in [-0.39, 0.29) is 5.91 Å². The third-order valence-electron chi connectivity index (χ3n) is 9.17. The van der Waals surface area contributed by atoms with Crippen molar-refractivity contribution < 1.29 is 9.53 Å². The Kier molecular flexibility index (Phi) is 7.87. The molecule has 0 saturated carbocycles. The van der Waals surface area contributed by atoms with E-state index in [9.17, 15) is 10.1 Å². The third-order valence-corrected chi connectivity index (χ3v) is 9.17. The van der Waals surface area contributed by atoms with Gasteiger partial charge in [0.15, 0.2) is 0 Å². The number of fused-ring (bicyclic) bond motifs is 1. The van der Waals surface area contributed by atoms with Crippen LogP contribution in [0.4, 0.5) is 5.69 Å². The summed E-state index contributed by atoms with van der Waals surface area (Å²) in [5, 5.41) is 19.0. The van der Waals surface area contributed by atoms with Gasteiger partial charge in [0.2, 0.25) is 5.91 Å². The second-order valence-electron chi connectivity index (χ2n) is 11.7. The minimum absolute atomic E-state index is 0.0233. The van der Waals surface area contributed by atoms with E-state index in [2.05, 4.69) is 74.1 Å². The van der Waals surface area contributed by atoms with Crippen LogP contribution < -0.4 is 4.90 Å². The summed E-state index contributed by atoms with van der Waals surface area (Å²) in [6, 6.07) is 13.5. The molecular formula is C33H37N9O2. The van der Waals surface area contributed by atoms with E-state index in [4.69, 9.17) is 4.74 Å². The molecule has 0 aliphatic carbocycles.